The Labute approximate surface area is 134 Å². The van der Waals surface area contributed by atoms with Gasteiger partial charge in [0.1, 0.15) is 0 Å². The third-order valence-corrected chi connectivity index (χ3v) is 6.92. The minimum Gasteiger partial charge on any atom is -0.274 e. The normalized spacial score (nSPS) is 17.4. The summed E-state index contributed by atoms with van der Waals surface area (Å²) < 4.78 is 0. The molecule has 2 rings (SSSR count). The number of rotatable bonds is 2. The maximum Gasteiger partial charge on any atom is 2.00 e. The topological polar surface area (TPSA) is 0 Å². The van der Waals surface area contributed by atoms with Crippen molar-refractivity contribution in [2.24, 2.45) is 0 Å². The Hall–Kier alpha value is 0.0171. The van der Waals surface area contributed by atoms with Crippen LogP contribution in [0.15, 0.2) is 34.7 Å². The zero-order valence-corrected chi connectivity index (χ0v) is 16.8. The van der Waals surface area contributed by atoms with Gasteiger partial charge in [-0.1, -0.05) is 39.3 Å². The van der Waals surface area contributed by atoms with Crippen LogP contribution in [-0.2, 0) is 19.5 Å². The van der Waals surface area contributed by atoms with Gasteiger partial charge in [0, 0.05) is 16.1 Å². The number of hydrogen-bond donors (Lipinski definition) is 0. The first kappa shape index (κ1) is 19.0. The van der Waals surface area contributed by atoms with Gasteiger partial charge in [-0.05, 0) is 0 Å². The third-order valence-electron chi connectivity index (χ3n) is 3.01. The van der Waals surface area contributed by atoms with Gasteiger partial charge in [0.25, 0.3) is 0 Å². The molecule has 0 atom stereocenters. The Morgan fingerprint density at radius 1 is 0.737 bits per heavy atom. The molecule has 0 aromatic carbocycles. The molecular weight excluding hydrogens is 349 g/mol. The molecule has 106 valence electrons. The summed E-state index contributed by atoms with van der Waals surface area (Å²) in [6.45, 7) is 14.1. The molecule has 0 saturated heterocycles. The molecule has 2 aliphatic rings. The van der Waals surface area contributed by atoms with E-state index in [1.54, 1.807) is 0 Å². The monoisotopic (exact) mass is 376 g/mol. The SMILES string of the molecule is C[Si](C)(C)C1=[C-]CC=C1.C[Si](C)(C)C1=[C-]CC=C1.[Ru+2]. The summed E-state index contributed by atoms with van der Waals surface area (Å²) in [7, 11) is -2.01. The molecule has 0 unspecified atom stereocenters. The van der Waals surface area contributed by atoms with Crippen LogP contribution in [0.3, 0.4) is 0 Å². The summed E-state index contributed by atoms with van der Waals surface area (Å²) in [6, 6.07) is 0. The van der Waals surface area contributed by atoms with Crippen LogP contribution in [-0.4, -0.2) is 16.1 Å². The largest absolute Gasteiger partial charge is 2.00 e. The minimum atomic E-state index is -1.01. The quantitative estimate of drug-likeness (QED) is 0.465. The molecule has 0 bridgehead atoms. The van der Waals surface area contributed by atoms with Crippen LogP contribution < -0.4 is 0 Å². The van der Waals surface area contributed by atoms with Crippen LogP contribution in [0.4, 0.5) is 0 Å². The zero-order valence-electron chi connectivity index (χ0n) is 13.1. The van der Waals surface area contributed by atoms with Gasteiger partial charge in [-0.3, -0.25) is 12.2 Å². The maximum atomic E-state index is 3.36. The molecule has 3 heteroatoms. The number of hydrogen-bond acceptors (Lipinski definition) is 0. The predicted octanol–water partition coefficient (Wildman–Crippen LogP) is 5.10. The van der Waals surface area contributed by atoms with Crippen LogP contribution in [0, 0.1) is 12.2 Å². The van der Waals surface area contributed by atoms with Crippen LogP contribution in [0.1, 0.15) is 12.8 Å². The fourth-order valence-corrected chi connectivity index (χ4v) is 4.34. The summed E-state index contributed by atoms with van der Waals surface area (Å²) in [5.41, 5.74) is 0. The smallest absolute Gasteiger partial charge is 0.274 e. The first-order chi connectivity index (χ1) is 8.21. The van der Waals surface area contributed by atoms with Gasteiger partial charge in [-0.15, -0.1) is 12.8 Å². The summed E-state index contributed by atoms with van der Waals surface area (Å²) in [4.78, 5) is 0. The van der Waals surface area contributed by atoms with Crippen molar-refractivity contribution >= 4 is 16.1 Å². The van der Waals surface area contributed by atoms with Crippen molar-refractivity contribution in [1.29, 1.82) is 0 Å². The second-order valence-electron chi connectivity index (χ2n) is 6.89. The van der Waals surface area contributed by atoms with E-state index in [0.717, 1.165) is 12.8 Å². The number of allylic oxidation sites excluding steroid dienone is 8. The molecule has 19 heavy (non-hydrogen) atoms. The zero-order chi connectivity index (χ0) is 13.8. The molecule has 0 radical (unpaired) electrons. The fourth-order valence-electron chi connectivity index (χ4n) is 1.84. The van der Waals surface area contributed by atoms with Crippen molar-refractivity contribution in [2.45, 2.75) is 52.1 Å². The van der Waals surface area contributed by atoms with Crippen molar-refractivity contribution < 1.29 is 19.5 Å². The predicted molar refractivity (Wildman–Crippen MR) is 87.7 cm³/mol. The molecule has 0 fully saturated rings. The van der Waals surface area contributed by atoms with E-state index >= 15 is 0 Å². The average Bonchev–Trinajstić information content (AvgIpc) is 2.91. The molecule has 0 N–H and O–H groups in total. The van der Waals surface area contributed by atoms with Crippen LogP contribution in [0.2, 0.25) is 39.3 Å². The minimum absolute atomic E-state index is 0. The summed E-state index contributed by atoms with van der Waals surface area (Å²) in [5, 5.41) is 2.98. The molecule has 0 heterocycles. The first-order valence-electron chi connectivity index (χ1n) is 6.77. The Balaban J connectivity index is 0.000000324. The second-order valence-corrected chi connectivity index (χ2v) is 17.0. The van der Waals surface area contributed by atoms with E-state index < -0.39 is 16.1 Å². The van der Waals surface area contributed by atoms with E-state index in [0.29, 0.717) is 0 Å². The molecule has 0 aromatic rings. The standard InChI is InChI=1S/2C8H13Si.Ru/c2*1-9(2,3)8-6-4-5-7-8;/h2*4,6H,5H2,1-3H3;/q2*-1;+2. The van der Waals surface area contributed by atoms with Crippen molar-refractivity contribution in [3.8, 4) is 0 Å². The summed E-state index contributed by atoms with van der Waals surface area (Å²) in [5.74, 6) is 0. The van der Waals surface area contributed by atoms with Gasteiger partial charge in [0.15, 0.2) is 0 Å². The van der Waals surface area contributed by atoms with Crippen molar-refractivity contribution in [1.82, 2.24) is 0 Å². The van der Waals surface area contributed by atoms with Gasteiger partial charge in [-0.25, -0.2) is 22.5 Å². The van der Waals surface area contributed by atoms with Crippen molar-refractivity contribution in [2.75, 3.05) is 0 Å². The van der Waals surface area contributed by atoms with Crippen LogP contribution in [0.5, 0.6) is 0 Å². The van der Waals surface area contributed by atoms with Gasteiger partial charge < -0.3 is 0 Å². The molecule has 0 nitrogen and oxygen atoms in total. The van der Waals surface area contributed by atoms with E-state index in [4.69, 9.17) is 0 Å². The molecule has 0 amide bonds. The van der Waals surface area contributed by atoms with Crippen molar-refractivity contribution in [3.63, 3.8) is 0 Å². The molecule has 0 saturated carbocycles. The molecule has 0 aromatic heterocycles. The second kappa shape index (κ2) is 7.71. The van der Waals surface area contributed by atoms with E-state index in [2.05, 4.69) is 75.7 Å². The van der Waals surface area contributed by atoms with E-state index in [1.165, 1.54) is 10.4 Å². The molecule has 2 aliphatic carbocycles. The van der Waals surface area contributed by atoms with Gasteiger partial charge in [-0.2, -0.15) is 12.2 Å². The summed E-state index contributed by atoms with van der Waals surface area (Å²) in [6.07, 6.45) is 17.6. The fraction of sp³-hybridized carbons (Fsp3) is 0.500. The maximum absolute atomic E-state index is 3.36. The molecular formula is C16H26RuSi2. The average molecular weight is 376 g/mol. The summed E-state index contributed by atoms with van der Waals surface area (Å²) >= 11 is 0. The van der Waals surface area contributed by atoms with Gasteiger partial charge >= 0.3 is 19.5 Å². The van der Waals surface area contributed by atoms with Crippen LogP contribution in [0.25, 0.3) is 0 Å². The van der Waals surface area contributed by atoms with Crippen LogP contribution >= 0.6 is 0 Å². The van der Waals surface area contributed by atoms with E-state index in [1.807, 2.05) is 0 Å². The third kappa shape index (κ3) is 6.83. The van der Waals surface area contributed by atoms with E-state index in [9.17, 15) is 0 Å². The Morgan fingerprint density at radius 2 is 1.05 bits per heavy atom. The Bertz CT molecular complexity index is 361. The first-order valence-corrected chi connectivity index (χ1v) is 13.8. The molecule has 0 spiro atoms. The Morgan fingerprint density at radius 3 is 1.16 bits per heavy atom. The van der Waals surface area contributed by atoms with E-state index in [-0.39, 0.29) is 19.5 Å². The van der Waals surface area contributed by atoms with Gasteiger partial charge in [0.05, 0.1) is 0 Å². The Kier molecular flexibility index (Phi) is 7.71. The van der Waals surface area contributed by atoms with Crippen molar-refractivity contribution in [3.05, 3.63) is 46.8 Å². The van der Waals surface area contributed by atoms with Gasteiger partial charge in [0.2, 0.25) is 0 Å². The molecule has 0 aliphatic heterocycles.